The lowest BCUT2D eigenvalue weighted by Gasteiger charge is -2.46. The van der Waals surface area contributed by atoms with Crippen molar-refractivity contribution in [3.05, 3.63) is 12.3 Å². The third-order valence-electron chi connectivity index (χ3n) is 2.62. The van der Waals surface area contributed by atoms with Gasteiger partial charge in [-0.25, -0.2) is 0 Å². The molecule has 2 heterocycles. The Morgan fingerprint density at radius 2 is 2.27 bits per heavy atom. The van der Waals surface area contributed by atoms with Gasteiger partial charge in [0.05, 0.1) is 6.61 Å². The minimum atomic E-state index is 0.541. The molecule has 0 aliphatic carbocycles. The Bertz CT molecular complexity index is 162. The minimum absolute atomic E-state index is 0.541. The molecule has 2 fully saturated rings. The summed E-state index contributed by atoms with van der Waals surface area (Å²) >= 11 is 0. The van der Waals surface area contributed by atoms with Crippen LogP contribution in [0.2, 0.25) is 0 Å². The Balaban J connectivity index is 1.86. The van der Waals surface area contributed by atoms with Crippen LogP contribution >= 0.6 is 0 Å². The van der Waals surface area contributed by atoms with Gasteiger partial charge in [-0.1, -0.05) is 6.08 Å². The van der Waals surface area contributed by atoms with Crippen LogP contribution in [0.1, 0.15) is 13.3 Å². The molecule has 2 aliphatic rings. The molecule has 0 amide bonds. The molecule has 0 aromatic heterocycles. The lowest BCUT2D eigenvalue weighted by atomic mass is 9.80. The molecule has 11 heavy (non-hydrogen) atoms. The van der Waals surface area contributed by atoms with Gasteiger partial charge in [0.25, 0.3) is 0 Å². The molecule has 0 bridgehead atoms. The van der Waals surface area contributed by atoms with Crippen molar-refractivity contribution in [2.75, 3.05) is 26.3 Å². The van der Waals surface area contributed by atoms with Crippen LogP contribution in [0.25, 0.3) is 0 Å². The van der Waals surface area contributed by atoms with E-state index in [1.165, 1.54) is 19.5 Å². The quantitative estimate of drug-likeness (QED) is 0.562. The first-order chi connectivity index (χ1) is 5.35. The van der Waals surface area contributed by atoms with Crippen LogP contribution in [0.3, 0.4) is 0 Å². The van der Waals surface area contributed by atoms with Gasteiger partial charge in [-0.2, -0.15) is 0 Å². The van der Waals surface area contributed by atoms with Crippen molar-refractivity contribution < 1.29 is 4.74 Å². The summed E-state index contributed by atoms with van der Waals surface area (Å²) in [4.78, 5) is 2.36. The zero-order chi connectivity index (χ0) is 7.73. The Hall–Kier alpha value is -0.500. The van der Waals surface area contributed by atoms with Crippen molar-refractivity contribution >= 4 is 0 Å². The van der Waals surface area contributed by atoms with Gasteiger partial charge in [-0.15, -0.1) is 0 Å². The molecule has 2 nitrogen and oxygen atoms in total. The number of allylic oxidation sites excluding steroid dienone is 1. The van der Waals surface area contributed by atoms with Crippen molar-refractivity contribution in [1.82, 2.24) is 4.90 Å². The summed E-state index contributed by atoms with van der Waals surface area (Å²) in [6.07, 6.45) is 5.54. The second-order valence-corrected chi connectivity index (χ2v) is 3.69. The SMILES string of the molecule is C/C=C/N1CC2(CCOC2)C1. The molecule has 0 radical (unpaired) electrons. The zero-order valence-corrected chi connectivity index (χ0v) is 7.05. The van der Waals surface area contributed by atoms with Crippen LogP contribution in [0.15, 0.2) is 12.3 Å². The highest BCUT2D eigenvalue weighted by Crippen LogP contribution is 2.38. The smallest absolute Gasteiger partial charge is 0.0557 e. The topological polar surface area (TPSA) is 12.5 Å². The average Bonchev–Trinajstić information content (AvgIpc) is 2.35. The highest BCUT2D eigenvalue weighted by Gasteiger charge is 2.44. The minimum Gasteiger partial charge on any atom is -0.381 e. The van der Waals surface area contributed by atoms with E-state index in [2.05, 4.69) is 24.1 Å². The predicted octanol–water partition coefficient (Wildman–Crippen LogP) is 1.24. The Morgan fingerprint density at radius 1 is 1.45 bits per heavy atom. The molecule has 0 aromatic rings. The molecule has 62 valence electrons. The van der Waals surface area contributed by atoms with E-state index in [1.54, 1.807) is 0 Å². The first-order valence-corrected chi connectivity index (χ1v) is 4.29. The van der Waals surface area contributed by atoms with E-state index < -0.39 is 0 Å². The van der Waals surface area contributed by atoms with E-state index in [9.17, 15) is 0 Å². The van der Waals surface area contributed by atoms with Crippen molar-refractivity contribution in [2.24, 2.45) is 5.41 Å². The molecule has 0 N–H and O–H groups in total. The van der Waals surface area contributed by atoms with E-state index in [1.807, 2.05) is 0 Å². The van der Waals surface area contributed by atoms with Crippen LogP contribution < -0.4 is 0 Å². The maximum atomic E-state index is 5.38. The van der Waals surface area contributed by atoms with Crippen LogP contribution in [0.5, 0.6) is 0 Å². The molecule has 0 aromatic carbocycles. The number of ether oxygens (including phenoxy) is 1. The fourth-order valence-electron chi connectivity index (χ4n) is 2.03. The van der Waals surface area contributed by atoms with Gasteiger partial charge in [-0.05, 0) is 19.5 Å². The summed E-state index contributed by atoms with van der Waals surface area (Å²) in [6.45, 7) is 6.44. The van der Waals surface area contributed by atoms with Gasteiger partial charge in [0, 0.05) is 25.1 Å². The van der Waals surface area contributed by atoms with Crippen LogP contribution in [0, 0.1) is 5.41 Å². The maximum Gasteiger partial charge on any atom is 0.0557 e. The van der Waals surface area contributed by atoms with Gasteiger partial charge in [0.15, 0.2) is 0 Å². The maximum absolute atomic E-state index is 5.38. The Labute approximate surface area is 67.8 Å². The Kier molecular flexibility index (Phi) is 1.64. The summed E-state index contributed by atoms with van der Waals surface area (Å²) in [5.41, 5.74) is 0.541. The van der Waals surface area contributed by atoms with E-state index in [0.717, 1.165) is 13.2 Å². The van der Waals surface area contributed by atoms with Crippen LogP contribution in [-0.2, 0) is 4.74 Å². The number of likely N-dealkylation sites (tertiary alicyclic amines) is 1. The summed E-state index contributed by atoms with van der Waals surface area (Å²) in [5.74, 6) is 0. The second kappa shape index (κ2) is 2.52. The monoisotopic (exact) mass is 153 g/mol. The largest absolute Gasteiger partial charge is 0.381 e. The van der Waals surface area contributed by atoms with Crippen LogP contribution in [0.4, 0.5) is 0 Å². The lowest BCUT2D eigenvalue weighted by Crippen LogP contribution is -2.53. The molecule has 2 aliphatic heterocycles. The first-order valence-electron chi connectivity index (χ1n) is 4.29. The van der Waals surface area contributed by atoms with Crippen molar-refractivity contribution in [3.8, 4) is 0 Å². The van der Waals surface area contributed by atoms with Gasteiger partial charge < -0.3 is 9.64 Å². The molecule has 2 rings (SSSR count). The summed E-state index contributed by atoms with van der Waals surface area (Å²) in [5, 5.41) is 0. The normalized spacial score (nSPS) is 28.3. The van der Waals surface area contributed by atoms with Gasteiger partial charge in [0.1, 0.15) is 0 Å². The summed E-state index contributed by atoms with van der Waals surface area (Å²) in [7, 11) is 0. The molecule has 0 atom stereocenters. The highest BCUT2D eigenvalue weighted by atomic mass is 16.5. The molecular formula is C9H15NO. The van der Waals surface area contributed by atoms with E-state index in [0.29, 0.717) is 5.41 Å². The standard InChI is InChI=1S/C9H15NO/c1-2-4-10-6-9(7-10)3-5-11-8-9/h2,4H,3,5-8H2,1H3/b4-2+. The third-order valence-corrected chi connectivity index (χ3v) is 2.62. The summed E-state index contributed by atoms with van der Waals surface area (Å²) < 4.78 is 5.38. The molecule has 0 unspecified atom stereocenters. The lowest BCUT2D eigenvalue weighted by molar-refractivity contribution is 0.0273. The number of nitrogens with zero attached hydrogens (tertiary/aromatic N) is 1. The average molecular weight is 153 g/mol. The van der Waals surface area contributed by atoms with Crippen molar-refractivity contribution in [1.29, 1.82) is 0 Å². The zero-order valence-electron chi connectivity index (χ0n) is 7.05. The van der Waals surface area contributed by atoms with Gasteiger partial charge >= 0.3 is 0 Å². The van der Waals surface area contributed by atoms with Crippen molar-refractivity contribution in [2.45, 2.75) is 13.3 Å². The van der Waals surface area contributed by atoms with E-state index in [-0.39, 0.29) is 0 Å². The third kappa shape index (κ3) is 1.16. The van der Waals surface area contributed by atoms with E-state index >= 15 is 0 Å². The fourth-order valence-corrected chi connectivity index (χ4v) is 2.03. The van der Waals surface area contributed by atoms with Crippen LogP contribution in [-0.4, -0.2) is 31.2 Å². The molecule has 2 saturated heterocycles. The molecular weight excluding hydrogens is 138 g/mol. The number of hydrogen-bond donors (Lipinski definition) is 0. The molecule has 1 spiro atoms. The molecule has 2 heteroatoms. The van der Waals surface area contributed by atoms with Crippen molar-refractivity contribution in [3.63, 3.8) is 0 Å². The van der Waals surface area contributed by atoms with Gasteiger partial charge in [0.2, 0.25) is 0 Å². The fraction of sp³-hybridized carbons (Fsp3) is 0.778. The second-order valence-electron chi connectivity index (χ2n) is 3.69. The predicted molar refractivity (Wildman–Crippen MR) is 44.3 cm³/mol. The van der Waals surface area contributed by atoms with Gasteiger partial charge in [-0.3, -0.25) is 0 Å². The Morgan fingerprint density at radius 3 is 2.82 bits per heavy atom. The molecule has 0 saturated carbocycles. The first kappa shape index (κ1) is 7.17. The highest BCUT2D eigenvalue weighted by molar-refractivity contribution is 5.01. The summed E-state index contributed by atoms with van der Waals surface area (Å²) in [6, 6.07) is 0. The van der Waals surface area contributed by atoms with E-state index in [4.69, 9.17) is 4.74 Å². The number of hydrogen-bond acceptors (Lipinski definition) is 2. The number of rotatable bonds is 1.